The number of nitriles is 9. The highest BCUT2D eigenvalue weighted by Gasteiger charge is 2.18. The Morgan fingerprint density at radius 3 is 0.759 bits per heavy atom. The van der Waals surface area contributed by atoms with Crippen molar-refractivity contribution in [3.05, 3.63) is 141 Å². The molecule has 0 spiro atoms. The Labute approximate surface area is 344 Å². The van der Waals surface area contributed by atoms with Gasteiger partial charge in [0.05, 0.1) is 16.7 Å². The van der Waals surface area contributed by atoms with Crippen molar-refractivity contribution in [2.45, 2.75) is 0 Å². The summed E-state index contributed by atoms with van der Waals surface area (Å²) in [6.45, 7) is 0. The van der Waals surface area contributed by atoms with E-state index in [2.05, 4.69) is 4.90 Å². The second-order valence-electron chi connectivity index (χ2n) is 11.7. The highest BCUT2D eigenvalue weighted by Crippen LogP contribution is 2.41. The predicted molar refractivity (Wildman–Crippen MR) is 222 cm³/mol. The normalized spacial score (nSPS) is 9.57. The molecule has 0 unspecified atom stereocenters. The first-order valence-corrected chi connectivity index (χ1v) is 19.1. The molecule has 13 heteroatoms. The van der Waals surface area contributed by atoms with E-state index in [-0.39, 0.29) is 33.4 Å². The third-order valence-electron chi connectivity index (χ3n) is 8.54. The van der Waals surface area contributed by atoms with Crippen molar-refractivity contribution in [3.8, 4) is 85.9 Å². The van der Waals surface area contributed by atoms with Crippen molar-refractivity contribution in [3.63, 3.8) is 0 Å². The van der Waals surface area contributed by atoms with Crippen LogP contribution in [0.4, 0.5) is 17.1 Å². The molecule has 0 saturated heterocycles. The quantitative estimate of drug-likeness (QED) is 0.126. The zero-order valence-electron chi connectivity index (χ0n) is 29.6. The van der Waals surface area contributed by atoms with Gasteiger partial charge in [-0.05, 0) is 89.5 Å². The van der Waals surface area contributed by atoms with Gasteiger partial charge in [0.15, 0.2) is 0 Å². The fourth-order valence-electron chi connectivity index (χ4n) is 5.77. The molecule has 6 aromatic rings. The third-order valence-corrected chi connectivity index (χ3v) is 12.0. The van der Waals surface area contributed by atoms with Gasteiger partial charge in [-0.1, -0.05) is 36.4 Å². The molecule has 3 aromatic carbocycles. The standard InChI is InChI=1S/C45H18N10S3/c46-19-31(20-47)37(25-52)43-16-13-40(56-43)28-1-7-34(8-2-28)55(35-9-3-29(4-10-35)41-14-17-44(57-41)38(26-53)32(21-48)22-49)36-11-5-30(6-12-36)42-15-18-45(58-42)39(27-54)33(23-50)24-51/h1-18H. The van der Waals surface area contributed by atoms with Crippen molar-refractivity contribution in [2.24, 2.45) is 0 Å². The maximum Gasteiger partial charge on any atom is 0.148 e. The number of rotatable bonds is 9. The molecule has 3 aromatic heterocycles. The van der Waals surface area contributed by atoms with Gasteiger partial charge in [-0.25, -0.2) is 0 Å². The van der Waals surface area contributed by atoms with E-state index in [9.17, 15) is 47.4 Å². The van der Waals surface area contributed by atoms with Crippen LogP contribution in [0.25, 0.3) is 48.0 Å². The van der Waals surface area contributed by atoms with Crippen molar-refractivity contribution in [2.75, 3.05) is 4.90 Å². The van der Waals surface area contributed by atoms with Crippen LogP contribution >= 0.6 is 34.0 Å². The fourth-order valence-corrected chi connectivity index (χ4v) is 8.81. The number of hydrogen-bond acceptors (Lipinski definition) is 13. The van der Waals surface area contributed by atoms with E-state index < -0.39 is 0 Å². The van der Waals surface area contributed by atoms with Gasteiger partial charge in [-0.15, -0.1) is 34.0 Å². The van der Waals surface area contributed by atoms with Crippen molar-refractivity contribution in [1.82, 2.24) is 0 Å². The lowest BCUT2D eigenvalue weighted by atomic mass is 10.1. The maximum absolute atomic E-state index is 9.64. The van der Waals surface area contributed by atoms with Crippen LogP contribution in [0.1, 0.15) is 14.6 Å². The molecule has 0 bridgehead atoms. The molecule has 0 aliphatic heterocycles. The molecule has 10 nitrogen and oxygen atoms in total. The van der Waals surface area contributed by atoms with Crippen LogP contribution in [0, 0.1) is 102 Å². The molecular formula is C45H18N10S3. The summed E-state index contributed by atoms with van der Waals surface area (Å²) < 4.78 is 0. The van der Waals surface area contributed by atoms with E-state index >= 15 is 0 Å². The summed E-state index contributed by atoms with van der Waals surface area (Å²) in [5.74, 6) is 0. The Kier molecular flexibility index (Phi) is 11.8. The molecule has 0 aliphatic rings. The lowest BCUT2D eigenvalue weighted by molar-refractivity contribution is 1.28. The number of nitrogens with zero attached hydrogens (tertiary/aromatic N) is 10. The van der Waals surface area contributed by atoms with Gasteiger partial charge in [0.1, 0.15) is 71.3 Å². The molecule has 266 valence electrons. The minimum atomic E-state index is -0.246. The van der Waals surface area contributed by atoms with Crippen molar-refractivity contribution >= 4 is 67.8 Å². The van der Waals surface area contributed by atoms with Gasteiger partial charge < -0.3 is 4.90 Å². The number of allylic oxidation sites excluding steroid dienone is 6. The second kappa shape index (κ2) is 17.6. The summed E-state index contributed by atoms with van der Waals surface area (Å²) in [5.41, 5.74) is 4.40. The molecule has 0 amide bonds. The lowest BCUT2D eigenvalue weighted by Gasteiger charge is -2.26. The Bertz CT molecular complexity index is 2710. The smallest absolute Gasteiger partial charge is 0.148 e. The van der Waals surface area contributed by atoms with E-state index in [1.807, 2.05) is 109 Å². The molecule has 3 heterocycles. The fraction of sp³-hybridized carbons (Fsp3) is 0. The minimum Gasteiger partial charge on any atom is -0.311 e. The largest absolute Gasteiger partial charge is 0.311 e. The maximum atomic E-state index is 9.64. The molecule has 0 atom stereocenters. The third kappa shape index (κ3) is 7.72. The first kappa shape index (κ1) is 38.9. The summed E-state index contributed by atoms with van der Waals surface area (Å²) in [6.07, 6.45) is 0. The summed E-state index contributed by atoms with van der Waals surface area (Å²) in [4.78, 5) is 6.13. The zero-order valence-corrected chi connectivity index (χ0v) is 32.0. The number of benzene rings is 3. The molecule has 0 fully saturated rings. The van der Waals surface area contributed by atoms with Gasteiger partial charge >= 0.3 is 0 Å². The Hall–Kier alpha value is -8.81. The van der Waals surface area contributed by atoms with Gasteiger partial charge in [0.25, 0.3) is 0 Å². The molecule has 58 heavy (non-hydrogen) atoms. The second-order valence-corrected chi connectivity index (χ2v) is 15.0. The Balaban J connectivity index is 1.38. The van der Waals surface area contributed by atoms with E-state index in [0.717, 1.165) is 48.4 Å². The van der Waals surface area contributed by atoms with Gasteiger partial charge in [0, 0.05) is 46.3 Å². The monoisotopic (exact) mass is 794 g/mol. The van der Waals surface area contributed by atoms with Crippen LogP contribution in [-0.2, 0) is 0 Å². The van der Waals surface area contributed by atoms with Crippen LogP contribution in [0.5, 0.6) is 0 Å². The molecule has 0 radical (unpaired) electrons. The number of hydrogen-bond donors (Lipinski definition) is 0. The van der Waals surface area contributed by atoms with E-state index in [4.69, 9.17) is 0 Å². The van der Waals surface area contributed by atoms with E-state index in [1.54, 1.807) is 54.6 Å². The van der Waals surface area contributed by atoms with Crippen LogP contribution in [0.2, 0.25) is 0 Å². The van der Waals surface area contributed by atoms with E-state index in [0.29, 0.717) is 14.6 Å². The predicted octanol–water partition coefficient (Wildman–Crippen LogP) is 11.3. The van der Waals surface area contributed by atoms with Crippen LogP contribution in [0.15, 0.2) is 126 Å². The van der Waals surface area contributed by atoms with Gasteiger partial charge in [-0.2, -0.15) is 47.4 Å². The van der Waals surface area contributed by atoms with Crippen LogP contribution < -0.4 is 4.90 Å². The summed E-state index contributed by atoms with van der Waals surface area (Å²) >= 11 is 3.91. The minimum absolute atomic E-state index is 0.0283. The molecule has 6 rings (SSSR count). The van der Waals surface area contributed by atoms with E-state index in [1.165, 1.54) is 34.0 Å². The highest BCUT2D eigenvalue weighted by molar-refractivity contribution is 7.17. The van der Waals surface area contributed by atoms with Crippen molar-refractivity contribution in [1.29, 1.82) is 47.4 Å². The highest BCUT2D eigenvalue weighted by atomic mass is 32.1. The Morgan fingerprint density at radius 2 is 0.552 bits per heavy atom. The molecule has 0 saturated carbocycles. The van der Waals surface area contributed by atoms with Crippen molar-refractivity contribution < 1.29 is 0 Å². The average molecular weight is 795 g/mol. The summed E-state index contributed by atoms with van der Waals surface area (Å²) in [6, 6.07) is 50.7. The lowest BCUT2D eigenvalue weighted by Crippen LogP contribution is -2.09. The average Bonchev–Trinajstić information content (AvgIpc) is 4.07. The van der Waals surface area contributed by atoms with Crippen LogP contribution in [-0.4, -0.2) is 0 Å². The number of thiophene rings is 3. The van der Waals surface area contributed by atoms with Crippen LogP contribution in [0.3, 0.4) is 0 Å². The zero-order chi connectivity index (χ0) is 41.2. The number of anilines is 3. The summed E-state index contributed by atoms with van der Waals surface area (Å²) in [5, 5.41) is 84.8. The first-order chi connectivity index (χ1) is 28.3. The topological polar surface area (TPSA) is 217 Å². The van der Waals surface area contributed by atoms with Gasteiger partial charge in [0.2, 0.25) is 0 Å². The molecule has 0 N–H and O–H groups in total. The molecule has 0 aliphatic carbocycles. The van der Waals surface area contributed by atoms with Gasteiger partial charge in [-0.3, -0.25) is 0 Å². The SMILES string of the molecule is N#CC(C#N)=C(C#N)c1ccc(-c2ccc(N(c3ccc(-c4ccc(C(C#N)=C(C#N)C#N)s4)cc3)c3ccc(-c4ccc(C(C#N)=C(C#N)C#N)s4)cc3)cc2)s1. The Morgan fingerprint density at radius 1 is 0.310 bits per heavy atom. The first-order valence-electron chi connectivity index (χ1n) is 16.6. The molecular weight excluding hydrogens is 777 g/mol. The summed E-state index contributed by atoms with van der Waals surface area (Å²) in [7, 11) is 0.